The van der Waals surface area contributed by atoms with Crippen LogP contribution in [-0.4, -0.2) is 8.42 Å². The van der Waals surface area contributed by atoms with E-state index in [2.05, 4.69) is 26.2 Å². The van der Waals surface area contributed by atoms with Gasteiger partial charge in [0.15, 0.2) is 0 Å². The van der Waals surface area contributed by atoms with Crippen LogP contribution in [0.15, 0.2) is 53.4 Å². The van der Waals surface area contributed by atoms with Crippen molar-refractivity contribution >= 4 is 43.2 Å². The molecule has 0 atom stereocenters. The molecule has 0 heterocycles. The first kappa shape index (κ1) is 15.3. The molecule has 0 saturated heterocycles. The maximum Gasteiger partial charge on any atom is 0.257 e. The van der Waals surface area contributed by atoms with Gasteiger partial charge in [-0.05, 0) is 35.9 Å². The molecule has 2 rings (SSSR count). The van der Waals surface area contributed by atoms with Crippen LogP contribution in [-0.2, 0) is 15.4 Å². The summed E-state index contributed by atoms with van der Waals surface area (Å²) in [6, 6.07) is 13.4. The van der Waals surface area contributed by atoms with E-state index in [1.807, 2.05) is 0 Å². The number of halogens is 2. The summed E-state index contributed by atoms with van der Waals surface area (Å²) in [5.41, 5.74) is 4.20. The first-order chi connectivity index (χ1) is 9.51. The topological polar surface area (TPSA) is 58.2 Å². The SMILES string of the molecule is O=S(=O)(NNc1cccc(Cl)c1)c1ccc(CBr)cc1. The maximum atomic E-state index is 12.1. The van der Waals surface area contributed by atoms with Crippen molar-refractivity contribution in [2.45, 2.75) is 10.2 Å². The number of sulfonamides is 1. The molecule has 0 aromatic heterocycles. The molecule has 0 amide bonds. The van der Waals surface area contributed by atoms with Gasteiger partial charge in [0.05, 0.1) is 10.6 Å². The zero-order valence-corrected chi connectivity index (χ0v) is 13.5. The predicted molar refractivity (Wildman–Crippen MR) is 84.5 cm³/mol. The zero-order chi connectivity index (χ0) is 14.6. The fourth-order valence-electron chi connectivity index (χ4n) is 1.51. The Balaban J connectivity index is 2.10. The van der Waals surface area contributed by atoms with E-state index in [1.165, 1.54) is 0 Å². The van der Waals surface area contributed by atoms with Crippen LogP contribution in [0.25, 0.3) is 0 Å². The van der Waals surface area contributed by atoms with Gasteiger partial charge in [0.1, 0.15) is 0 Å². The molecule has 4 nitrogen and oxygen atoms in total. The fourth-order valence-corrected chi connectivity index (χ4v) is 2.94. The fraction of sp³-hybridized carbons (Fsp3) is 0.0769. The highest BCUT2D eigenvalue weighted by Crippen LogP contribution is 2.16. The summed E-state index contributed by atoms with van der Waals surface area (Å²) in [7, 11) is -3.62. The van der Waals surface area contributed by atoms with Crippen molar-refractivity contribution in [3.63, 3.8) is 0 Å². The molecule has 0 fully saturated rings. The lowest BCUT2D eigenvalue weighted by Gasteiger charge is -2.10. The highest BCUT2D eigenvalue weighted by molar-refractivity contribution is 9.08. The van der Waals surface area contributed by atoms with Crippen molar-refractivity contribution in [2.24, 2.45) is 0 Å². The van der Waals surface area contributed by atoms with Crippen LogP contribution in [0.1, 0.15) is 5.56 Å². The molecule has 0 unspecified atom stereocenters. The lowest BCUT2D eigenvalue weighted by molar-refractivity contribution is 0.587. The van der Waals surface area contributed by atoms with Gasteiger partial charge in [-0.15, -0.1) is 4.83 Å². The lowest BCUT2D eigenvalue weighted by Crippen LogP contribution is -2.29. The number of hydrogen-bond donors (Lipinski definition) is 2. The number of hydrogen-bond acceptors (Lipinski definition) is 3. The molecule has 2 aromatic carbocycles. The van der Waals surface area contributed by atoms with Crippen molar-refractivity contribution in [1.29, 1.82) is 0 Å². The van der Waals surface area contributed by atoms with Gasteiger partial charge in [-0.25, -0.2) is 8.42 Å². The molecular weight excluding hydrogens is 364 g/mol. The highest BCUT2D eigenvalue weighted by Gasteiger charge is 2.13. The van der Waals surface area contributed by atoms with Gasteiger partial charge in [-0.3, -0.25) is 0 Å². The third-order valence-corrected chi connectivity index (χ3v) is 4.69. The Morgan fingerprint density at radius 1 is 1.10 bits per heavy atom. The van der Waals surface area contributed by atoms with E-state index in [-0.39, 0.29) is 4.90 Å². The molecule has 0 aliphatic heterocycles. The van der Waals surface area contributed by atoms with E-state index in [4.69, 9.17) is 11.6 Å². The Bertz CT molecular complexity index is 690. The van der Waals surface area contributed by atoms with Crippen LogP contribution >= 0.6 is 27.5 Å². The van der Waals surface area contributed by atoms with Crippen LogP contribution < -0.4 is 10.3 Å². The second kappa shape index (κ2) is 6.58. The normalized spacial score (nSPS) is 11.3. The van der Waals surface area contributed by atoms with E-state index >= 15 is 0 Å². The molecule has 20 heavy (non-hydrogen) atoms. The first-order valence-electron chi connectivity index (χ1n) is 5.69. The van der Waals surface area contributed by atoms with E-state index in [0.717, 1.165) is 5.56 Å². The van der Waals surface area contributed by atoms with Gasteiger partial charge < -0.3 is 5.43 Å². The number of hydrazine groups is 1. The van der Waals surface area contributed by atoms with Crippen LogP contribution in [0.3, 0.4) is 0 Å². The first-order valence-corrected chi connectivity index (χ1v) is 8.68. The summed E-state index contributed by atoms with van der Waals surface area (Å²) in [6.45, 7) is 0. The van der Waals surface area contributed by atoms with E-state index < -0.39 is 10.0 Å². The van der Waals surface area contributed by atoms with E-state index in [1.54, 1.807) is 48.5 Å². The minimum atomic E-state index is -3.62. The minimum Gasteiger partial charge on any atom is -0.308 e. The lowest BCUT2D eigenvalue weighted by atomic mass is 10.2. The molecular formula is C13H12BrClN2O2S. The number of rotatable bonds is 5. The van der Waals surface area contributed by atoms with Crippen molar-refractivity contribution in [3.05, 3.63) is 59.1 Å². The third kappa shape index (κ3) is 3.96. The van der Waals surface area contributed by atoms with Crippen molar-refractivity contribution in [3.8, 4) is 0 Å². The molecule has 0 aliphatic carbocycles. The summed E-state index contributed by atoms with van der Waals surface area (Å²) in [4.78, 5) is 2.50. The summed E-state index contributed by atoms with van der Waals surface area (Å²) in [5, 5.41) is 1.21. The van der Waals surface area contributed by atoms with Crippen molar-refractivity contribution < 1.29 is 8.42 Å². The summed E-state index contributed by atoms with van der Waals surface area (Å²) in [5.74, 6) is 0. The van der Waals surface area contributed by atoms with E-state index in [0.29, 0.717) is 16.0 Å². The second-order valence-electron chi connectivity index (χ2n) is 4.02. The molecule has 7 heteroatoms. The van der Waals surface area contributed by atoms with Crippen LogP contribution in [0, 0.1) is 0 Å². The van der Waals surface area contributed by atoms with Gasteiger partial charge in [-0.2, -0.15) is 0 Å². The Labute approximate surface area is 131 Å². The van der Waals surface area contributed by atoms with Crippen molar-refractivity contribution in [1.82, 2.24) is 4.83 Å². The Morgan fingerprint density at radius 3 is 2.40 bits per heavy atom. The van der Waals surface area contributed by atoms with Crippen LogP contribution in [0.2, 0.25) is 5.02 Å². The summed E-state index contributed by atoms with van der Waals surface area (Å²) >= 11 is 9.13. The molecule has 2 N–H and O–H groups in total. The third-order valence-electron chi connectivity index (χ3n) is 2.54. The molecule has 0 bridgehead atoms. The molecule has 0 aliphatic rings. The van der Waals surface area contributed by atoms with E-state index in [9.17, 15) is 8.42 Å². The smallest absolute Gasteiger partial charge is 0.257 e. The molecule has 106 valence electrons. The molecule has 0 spiro atoms. The zero-order valence-electron chi connectivity index (χ0n) is 10.3. The Morgan fingerprint density at radius 2 is 1.80 bits per heavy atom. The minimum absolute atomic E-state index is 0.191. The maximum absolute atomic E-state index is 12.1. The number of nitrogens with one attached hydrogen (secondary N) is 2. The van der Waals surface area contributed by atoms with Gasteiger partial charge in [0.25, 0.3) is 10.0 Å². The average molecular weight is 376 g/mol. The Kier molecular flexibility index (Phi) is 5.04. The number of alkyl halides is 1. The van der Waals surface area contributed by atoms with Crippen LogP contribution in [0.4, 0.5) is 5.69 Å². The number of benzene rings is 2. The standard InChI is InChI=1S/C13H12BrClN2O2S/c14-9-10-4-6-13(7-5-10)20(18,19)17-16-12-3-1-2-11(15)8-12/h1-8,16-17H,9H2. The monoisotopic (exact) mass is 374 g/mol. The largest absolute Gasteiger partial charge is 0.308 e. The summed E-state index contributed by atoms with van der Waals surface area (Å²) in [6.07, 6.45) is 0. The van der Waals surface area contributed by atoms with Gasteiger partial charge in [0, 0.05) is 10.4 Å². The molecule has 0 radical (unpaired) electrons. The molecule has 2 aromatic rings. The van der Waals surface area contributed by atoms with Gasteiger partial charge >= 0.3 is 0 Å². The van der Waals surface area contributed by atoms with Gasteiger partial charge in [-0.1, -0.05) is 45.7 Å². The molecule has 0 saturated carbocycles. The quantitative estimate of drug-likeness (QED) is 0.621. The average Bonchev–Trinajstić information content (AvgIpc) is 2.45. The van der Waals surface area contributed by atoms with Gasteiger partial charge in [0.2, 0.25) is 0 Å². The van der Waals surface area contributed by atoms with Crippen LogP contribution in [0.5, 0.6) is 0 Å². The highest BCUT2D eigenvalue weighted by atomic mass is 79.9. The Hall–Kier alpha value is -1.08. The van der Waals surface area contributed by atoms with Crippen molar-refractivity contribution in [2.75, 3.05) is 5.43 Å². The second-order valence-corrected chi connectivity index (χ2v) is 6.70. The predicted octanol–water partition coefficient (Wildman–Crippen LogP) is 3.54. The number of anilines is 1. The summed E-state index contributed by atoms with van der Waals surface area (Å²) < 4.78 is 24.1.